The molecule has 0 aliphatic rings. The van der Waals surface area contributed by atoms with Crippen LogP contribution in [0.15, 0.2) is 28.8 Å². The van der Waals surface area contributed by atoms with Gasteiger partial charge in [0.15, 0.2) is 11.6 Å². The molecule has 1 heterocycles. The molecule has 0 aliphatic carbocycles. The Labute approximate surface area is 113 Å². The Kier molecular flexibility index (Phi) is 3.51. The Morgan fingerprint density at radius 1 is 1.21 bits per heavy atom. The van der Waals surface area contributed by atoms with E-state index in [0.29, 0.717) is 12.4 Å². The van der Waals surface area contributed by atoms with E-state index in [1.54, 1.807) is 0 Å². The Morgan fingerprint density at radius 2 is 1.84 bits per heavy atom. The summed E-state index contributed by atoms with van der Waals surface area (Å²) in [5.41, 5.74) is 7.65. The lowest BCUT2D eigenvalue weighted by Gasteiger charge is -2.16. The SMILES string of the molecule is CCOc1ccc(-c2c(N)noc2C(C)(C)C)cc1. The smallest absolute Gasteiger partial charge is 0.175 e. The van der Waals surface area contributed by atoms with Crippen molar-refractivity contribution in [1.29, 1.82) is 0 Å². The van der Waals surface area contributed by atoms with Gasteiger partial charge in [-0.15, -0.1) is 0 Å². The van der Waals surface area contributed by atoms with Crippen molar-refractivity contribution in [2.75, 3.05) is 12.3 Å². The highest BCUT2D eigenvalue weighted by Crippen LogP contribution is 2.37. The molecule has 2 N–H and O–H groups in total. The Morgan fingerprint density at radius 3 is 2.37 bits per heavy atom. The molecule has 102 valence electrons. The average Bonchev–Trinajstić information content (AvgIpc) is 2.72. The van der Waals surface area contributed by atoms with Crippen LogP contribution in [0.3, 0.4) is 0 Å². The summed E-state index contributed by atoms with van der Waals surface area (Å²) in [6, 6.07) is 7.81. The molecule has 0 atom stereocenters. The lowest BCUT2D eigenvalue weighted by molar-refractivity contribution is 0.332. The van der Waals surface area contributed by atoms with Crippen LogP contribution in [0.2, 0.25) is 0 Å². The third kappa shape index (κ3) is 2.72. The van der Waals surface area contributed by atoms with E-state index in [0.717, 1.165) is 22.6 Å². The number of hydrogen-bond donors (Lipinski definition) is 1. The molecule has 0 saturated carbocycles. The first-order chi connectivity index (χ1) is 8.93. The van der Waals surface area contributed by atoms with Gasteiger partial charge in [0.2, 0.25) is 0 Å². The molecule has 0 unspecified atom stereocenters. The third-order valence-corrected chi connectivity index (χ3v) is 2.85. The molecular weight excluding hydrogens is 240 g/mol. The Balaban J connectivity index is 2.44. The highest BCUT2D eigenvalue weighted by Gasteiger charge is 2.26. The number of rotatable bonds is 3. The minimum atomic E-state index is -0.140. The van der Waals surface area contributed by atoms with Crippen LogP contribution in [-0.2, 0) is 5.41 Å². The zero-order valence-electron chi connectivity index (χ0n) is 11.9. The number of ether oxygens (including phenoxy) is 1. The molecule has 0 amide bonds. The molecule has 0 radical (unpaired) electrons. The number of benzene rings is 1. The van der Waals surface area contributed by atoms with Gasteiger partial charge in [-0.05, 0) is 24.6 Å². The molecule has 1 aromatic carbocycles. The van der Waals surface area contributed by atoms with E-state index in [1.807, 2.05) is 31.2 Å². The van der Waals surface area contributed by atoms with Crippen LogP contribution in [0.25, 0.3) is 11.1 Å². The molecule has 4 heteroatoms. The summed E-state index contributed by atoms with van der Waals surface area (Å²) in [6.45, 7) is 8.84. The highest BCUT2D eigenvalue weighted by atomic mass is 16.5. The number of nitrogens with two attached hydrogens (primary N) is 1. The molecule has 0 aliphatic heterocycles. The summed E-state index contributed by atoms with van der Waals surface area (Å²) in [5, 5.41) is 3.89. The Bertz CT molecular complexity index is 551. The van der Waals surface area contributed by atoms with Crippen molar-refractivity contribution in [3.05, 3.63) is 30.0 Å². The fourth-order valence-electron chi connectivity index (χ4n) is 1.98. The quantitative estimate of drug-likeness (QED) is 0.915. The van der Waals surface area contributed by atoms with Gasteiger partial charge >= 0.3 is 0 Å². The zero-order valence-corrected chi connectivity index (χ0v) is 11.9. The van der Waals surface area contributed by atoms with Gasteiger partial charge in [0, 0.05) is 5.41 Å². The molecule has 0 saturated heterocycles. The number of anilines is 1. The average molecular weight is 260 g/mol. The van der Waals surface area contributed by atoms with Crippen LogP contribution in [0, 0.1) is 0 Å². The van der Waals surface area contributed by atoms with Crippen molar-refractivity contribution in [3.63, 3.8) is 0 Å². The summed E-state index contributed by atoms with van der Waals surface area (Å²) in [5.74, 6) is 2.07. The van der Waals surface area contributed by atoms with Crippen LogP contribution >= 0.6 is 0 Å². The van der Waals surface area contributed by atoms with E-state index in [2.05, 4.69) is 25.9 Å². The van der Waals surface area contributed by atoms with E-state index in [4.69, 9.17) is 15.0 Å². The summed E-state index contributed by atoms with van der Waals surface area (Å²) < 4.78 is 10.8. The molecule has 0 bridgehead atoms. The van der Waals surface area contributed by atoms with E-state index >= 15 is 0 Å². The second-order valence-electron chi connectivity index (χ2n) is 5.48. The maximum Gasteiger partial charge on any atom is 0.175 e. The van der Waals surface area contributed by atoms with Gasteiger partial charge in [-0.2, -0.15) is 0 Å². The van der Waals surface area contributed by atoms with Crippen molar-refractivity contribution in [2.24, 2.45) is 0 Å². The lowest BCUT2D eigenvalue weighted by atomic mass is 9.88. The predicted octanol–water partition coefficient (Wildman–Crippen LogP) is 3.62. The van der Waals surface area contributed by atoms with E-state index in [1.165, 1.54) is 0 Å². The number of aromatic nitrogens is 1. The summed E-state index contributed by atoms with van der Waals surface area (Å²) in [7, 11) is 0. The molecule has 2 aromatic rings. The minimum Gasteiger partial charge on any atom is -0.494 e. The molecule has 4 nitrogen and oxygen atoms in total. The van der Waals surface area contributed by atoms with Gasteiger partial charge in [0.1, 0.15) is 5.75 Å². The normalized spacial score (nSPS) is 11.6. The number of nitrogen functional groups attached to an aromatic ring is 1. The van der Waals surface area contributed by atoms with Crippen LogP contribution < -0.4 is 10.5 Å². The zero-order chi connectivity index (χ0) is 14.0. The van der Waals surface area contributed by atoms with Crippen molar-refractivity contribution >= 4 is 5.82 Å². The molecular formula is C15H20N2O2. The standard InChI is InChI=1S/C15H20N2O2/c1-5-18-11-8-6-10(7-9-11)12-13(15(2,3)4)19-17-14(12)16/h6-9H,5H2,1-4H3,(H2,16,17). The largest absolute Gasteiger partial charge is 0.494 e. The second-order valence-corrected chi connectivity index (χ2v) is 5.48. The first kappa shape index (κ1) is 13.5. The predicted molar refractivity (Wildman–Crippen MR) is 76.2 cm³/mol. The number of nitrogens with zero attached hydrogens (tertiary/aromatic N) is 1. The fraction of sp³-hybridized carbons (Fsp3) is 0.400. The maximum absolute atomic E-state index is 5.93. The van der Waals surface area contributed by atoms with Gasteiger partial charge in [-0.1, -0.05) is 38.1 Å². The fourth-order valence-corrected chi connectivity index (χ4v) is 1.98. The van der Waals surface area contributed by atoms with Crippen molar-refractivity contribution in [2.45, 2.75) is 33.1 Å². The van der Waals surface area contributed by atoms with Crippen LogP contribution in [0.4, 0.5) is 5.82 Å². The van der Waals surface area contributed by atoms with Crippen molar-refractivity contribution in [3.8, 4) is 16.9 Å². The first-order valence-corrected chi connectivity index (χ1v) is 6.42. The van der Waals surface area contributed by atoms with Crippen molar-refractivity contribution < 1.29 is 9.26 Å². The third-order valence-electron chi connectivity index (χ3n) is 2.85. The second kappa shape index (κ2) is 4.96. The molecule has 0 spiro atoms. The van der Waals surface area contributed by atoms with Gasteiger partial charge < -0.3 is 15.0 Å². The molecule has 2 rings (SSSR count). The lowest BCUT2D eigenvalue weighted by Crippen LogP contribution is -2.11. The Hall–Kier alpha value is -1.97. The first-order valence-electron chi connectivity index (χ1n) is 6.42. The van der Waals surface area contributed by atoms with E-state index < -0.39 is 0 Å². The minimum absolute atomic E-state index is 0.140. The van der Waals surface area contributed by atoms with Gasteiger partial charge in [-0.25, -0.2) is 0 Å². The van der Waals surface area contributed by atoms with Crippen LogP contribution in [0.5, 0.6) is 5.75 Å². The summed E-state index contributed by atoms with van der Waals surface area (Å²) in [4.78, 5) is 0. The maximum atomic E-state index is 5.93. The number of hydrogen-bond acceptors (Lipinski definition) is 4. The molecule has 19 heavy (non-hydrogen) atoms. The highest BCUT2D eigenvalue weighted by molar-refractivity contribution is 5.76. The van der Waals surface area contributed by atoms with E-state index in [9.17, 15) is 0 Å². The van der Waals surface area contributed by atoms with Gasteiger partial charge in [-0.3, -0.25) is 0 Å². The summed E-state index contributed by atoms with van der Waals surface area (Å²) >= 11 is 0. The monoisotopic (exact) mass is 260 g/mol. The van der Waals surface area contributed by atoms with Crippen LogP contribution in [-0.4, -0.2) is 11.8 Å². The van der Waals surface area contributed by atoms with Gasteiger partial charge in [0.05, 0.1) is 12.2 Å². The van der Waals surface area contributed by atoms with Crippen molar-refractivity contribution in [1.82, 2.24) is 5.16 Å². The van der Waals surface area contributed by atoms with Crippen LogP contribution in [0.1, 0.15) is 33.5 Å². The van der Waals surface area contributed by atoms with E-state index in [-0.39, 0.29) is 5.41 Å². The molecule has 1 aromatic heterocycles. The van der Waals surface area contributed by atoms with Gasteiger partial charge in [0.25, 0.3) is 0 Å². The summed E-state index contributed by atoms with van der Waals surface area (Å²) in [6.07, 6.45) is 0. The molecule has 0 fully saturated rings. The topological polar surface area (TPSA) is 61.3 Å².